The molecule has 4 nitrogen and oxygen atoms in total. The number of halogens is 1. The van der Waals surface area contributed by atoms with Crippen molar-refractivity contribution in [3.05, 3.63) is 29.6 Å². The van der Waals surface area contributed by atoms with Crippen molar-refractivity contribution < 1.29 is 9.18 Å². The fraction of sp³-hybridized carbons (Fsp3) is 0.333. The summed E-state index contributed by atoms with van der Waals surface area (Å²) in [5, 5.41) is 8.55. The second-order valence-corrected chi connectivity index (χ2v) is 3.86. The Morgan fingerprint density at radius 1 is 1.65 bits per heavy atom. The quantitative estimate of drug-likeness (QED) is 0.812. The summed E-state index contributed by atoms with van der Waals surface area (Å²) >= 11 is 0. The van der Waals surface area contributed by atoms with E-state index in [1.807, 2.05) is 6.07 Å². The molecular weight excluding hydrogens is 221 g/mol. The Balaban J connectivity index is 2.89. The number of anilines is 1. The minimum absolute atomic E-state index is 0.00859. The number of nitrogens with two attached hydrogens (primary N) is 1. The topological polar surface area (TPSA) is 70.1 Å². The maximum absolute atomic E-state index is 13.2. The molecule has 0 fully saturated rings. The smallest absolute Gasteiger partial charge is 0.253 e. The lowest BCUT2D eigenvalue weighted by molar-refractivity contribution is 0.0746. The summed E-state index contributed by atoms with van der Waals surface area (Å²) in [7, 11) is 1.58. The normalized spacial score (nSPS) is 11.6. The SMILES string of the molecule is CC(CC#N)N(C)C(=O)c1ccc(N)c(F)c1. The first-order valence-electron chi connectivity index (χ1n) is 5.16. The number of hydrogen-bond donors (Lipinski definition) is 1. The summed E-state index contributed by atoms with van der Waals surface area (Å²) in [5.41, 5.74) is 5.56. The van der Waals surface area contributed by atoms with E-state index in [9.17, 15) is 9.18 Å². The zero-order chi connectivity index (χ0) is 13.0. The average Bonchev–Trinajstić information content (AvgIpc) is 2.31. The molecule has 0 spiro atoms. The molecule has 0 aliphatic rings. The van der Waals surface area contributed by atoms with E-state index in [4.69, 9.17) is 11.0 Å². The molecule has 2 N–H and O–H groups in total. The lowest BCUT2D eigenvalue weighted by Gasteiger charge is -2.23. The molecule has 0 bridgehead atoms. The van der Waals surface area contributed by atoms with Crippen molar-refractivity contribution in [1.29, 1.82) is 5.26 Å². The molecule has 0 aliphatic carbocycles. The predicted octanol–water partition coefficient (Wildman–Crippen LogP) is 1.78. The third kappa shape index (κ3) is 2.94. The van der Waals surface area contributed by atoms with Crippen LogP contribution in [0, 0.1) is 17.1 Å². The van der Waals surface area contributed by atoms with Crippen LogP contribution in [-0.2, 0) is 0 Å². The number of benzene rings is 1. The van der Waals surface area contributed by atoms with E-state index in [1.54, 1.807) is 14.0 Å². The minimum atomic E-state index is -0.614. The van der Waals surface area contributed by atoms with E-state index >= 15 is 0 Å². The summed E-state index contributed by atoms with van der Waals surface area (Å²) in [5.74, 6) is -0.941. The highest BCUT2D eigenvalue weighted by molar-refractivity contribution is 5.94. The molecule has 0 saturated carbocycles. The van der Waals surface area contributed by atoms with Gasteiger partial charge in [-0.1, -0.05) is 0 Å². The number of hydrogen-bond acceptors (Lipinski definition) is 3. The summed E-state index contributed by atoms with van der Waals surface area (Å²) in [6, 6.07) is 5.70. The predicted molar refractivity (Wildman–Crippen MR) is 62.6 cm³/mol. The number of nitriles is 1. The van der Waals surface area contributed by atoms with Crippen molar-refractivity contribution >= 4 is 11.6 Å². The number of carbonyl (C=O) groups is 1. The lowest BCUT2D eigenvalue weighted by atomic mass is 10.1. The number of rotatable bonds is 3. The van der Waals surface area contributed by atoms with Crippen molar-refractivity contribution in [2.24, 2.45) is 0 Å². The summed E-state index contributed by atoms with van der Waals surface area (Å²) in [6.45, 7) is 1.76. The van der Waals surface area contributed by atoms with Crippen LogP contribution in [0.5, 0.6) is 0 Å². The molecule has 1 amide bonds. The van der Waals surface area contributed by atoms with Crippen LogP contribution in [0.4, 0.5) is 10.1 Å². The fourth-order valence-corrected chi connectivity index (χ4v) is 1.33. The molecule has 17 heavy (non-hydrogen) atoms. The zero-order valence-electron chi connectivity index (χ0n) is 9.77. The number of amides is 1. The molecule has 5 heteroatoms. The first-order chi connectivity index (χ1) is 7.97. The van der Waals surface area contributed by atoms with Crippen LogP contribution >= 0.6 is 0 Å². The first kappa shape index (κ1) is 13.0. The Bertz CT molecular complexity index is 467. The van der Waals surface area contributed by atoms with Crippen LogP contribution < -0.4 is 5.73 Å². The lowest BCUT2D eigenvalue weighted by Crippen LogP contribution is -2.34. The number of nitrogens with zero attached hydrogens (tertiary/aromatic N) is 2. The summed E-state index contributed by atoms with van der Waals surface area (Å²) in [4.78, 5) is 13.3. The molecule has 0 heterocycles. The van der Waals surface area contributed by atoms with Crippen LogP contribution in [0.25, 0.3) is 0 Å². The fourth-order valence-electron chi connectivity index (χ4n) is 1.33. The van der Waals surface area contributed by atoms with Crippen molar-refractivity contribution in [2.75, 3.05) is 12.8 Å². The Hall–Kier alpha value is -2.09. The molecule has 0 aliphatic heterocycles. The van der Waals surface area contributed by atoms with E-state index in [0.717, 1.165) is 6.07 Å². The molecular formula is C12H14FN3O. The second kappa shape index (κ2) is 5.30. The highest BCUT2D eigenvalue weighted by Crippen LogP contribution is 2.14. The van der Waals surface area contributed by atoms with Gasteiger partial charge < -0.3 is 10.6 Å². The Morgan fingerprint density at radius 3 is 2.82 bits per heavy atom. The van der Waals surface area contributed by atoms with Crippen molar-refractivity contribution in [1.82, 2.24) is 4.90 Å². The van der Waals surface area contributed by atoms with Crippen molar-refractivity contribution in [2.45, 2.75) is 19.4 Å². The Morgan fingerprint density at radius 2 is 2.29 bits per heavy atom. The van der Waals surface area contributed by atoms with E-state index in [2.05, 4.69) is 0 Å². The van der Waals surface area contributed by atoms with Gasteiger partial charge in [-0.05, 0) is 25.1 Å². The Kier molecular flexibility index (Phi) is 4.05. The molecule has 1 unspecified atom stereocenters. The largest absolute Gasteiger partial charge is 0.396 e. The van der Waals surface area contributed by atoms with Gasteiger partial charge >= 0.3 is 0 Å². The van der Waals surface area contributed by atoms with Gasteiger partial charge in [-0.25, -0.2) is 4.39 Å². The average molecular weight is 235 g/mol. The Labute approximate surface area is 99.4 Å². The molecule has 1 aromatic carbocycles. The van der Waals surface area contributed by atoms with E-state index in [0.29, 0.717) is 0 Å². The van der Waals surface area contributed by atoms with E-state index < -0.39 is 5.82 Å². The second-order valence-electron chi connectivity index (χ2n) is 3.86. The molecule has 1 atom stereocenters. The van der Waals surface area contributed by atoms with E-state index in [-0.39, 0.29) is 29.6 Å². The minimum Gasteiger partial charge on any atom is -0.396 e. The zero-order valence-corrected chi connectivity index (χ0v) is 9.77. The van der Waals surface area contributed by atoms with Gasteiger partial charge in [-0.3, -0.25) is 4.79 Å². The van der Waals surface area contributed by atoms with E-state index in [1.165, 1.54) is 17.0 Å². The van der Waals surface area contributed by atoms with Crippen LogP contribution in [0.1, 0.15) is 23.7 Å². The number of nitrogen functional groups attached to an aromatic ring is 1. The molecule has 0 aromatic heterocycles. The van der Waals surface area contributed by atoms with Crippen LogP contribution in [0.2, 0.25) is 0 Å². The molecule has 0 saturated heterocycles. The van der Waals surface area contributed by atoms with Gasteiger partial charge in [0.25, 0.3) is 5.91 Å². The van der Waals surface area contributed by atoms with Gasteiger partial charge in [-0.2, -0.15) is 5.26 Å². The van der Waals surface area contributed by atoms with Gasteiger partial charge in [0.2, 0.25) is 0 Å². The van der Waals surface area contributed by atoms with Gasteiger partial charge in [0.15, 0.2) is 0 Å². The molecule has 0 radical (unpaired) electrons. The third-order valence-corrected chi connectivity index (χ3v) is 2.62. The molecule has 1 rings (SSSR count). The number of carbonyl (C=O) groups excluding carboxylic acids is 1. The van der Waals surface area contributed by atoms with Crippen molar-refractivity contribution in [3.63, 3.8) is 0 Å². The molecule has 90 valence electrons. The summed E-state index contributed by atoms with van der Waals surface area (Å²) < 4.78 is 13.2. The van der Waals surface area contributed by atoms with Crippen molar-refractivity contribution in [3.8, 4) is 6.07 Å². The third-order valence-electron chi connectivity index (χ3n) is 2.62. The van der Waals surface area contributed by atoms with Crippen LogP contribution in [0.15, 0.2) is 18.2 Å². The highest BCUT2D eigenvalue weighted by Gasteiger charge is 2.18. The maximum Gasteiger partial charge on any atom is 0.253 e. The van der Waals surface area contributed by atoms with Gasteiger partial charge in [-0.15, -0.1) is 0 Å². The van der Waals surface area contributed by atoms with Gasteiger partial charge in [0.1, 0.15) is 5.82 Å². The maximum atomic E-state index is 13.2. The summed E-state index contributed by atoms with van der Waals surface area (Å²) in [6.07, 6.45) is 0.236. The van der Waals surface area contributed by atoms with Crippen LogP contribution in [-0.4, -0.2) is 23.9 Å². The highest BCUT2D eigenvalue weighted by atomic mass is 19.1. The van der Waals surface area contributed by atoms with Crippen LogP contribution in [0.3, 0.4) is 0 Å². The van der Waals surface area contributed by atoms with Gasteiger partial charge in [0, 0.05) is 18.7 Å². The standard InChI is InChI=1S/C12H14FN3O/c1-8(5-6-14)16(2)12(17)9-3-4-11(15)10(13)7-9/h3-4,7-8H,5,15H2,1-2H3. The monoisotopic (exact) mass is 235 g/mol. The van der Waals surface area contributed by atoms with Gasteiger partial charge in [0.05, 0.1) is 18.2 Å². The molecule has 1 aromatic rings. The first-order valence-corrected chi connectivity index (χ1v) is 5.16.